The van der Waals surface area contributed by atoms with E-state index in [-0.39, 0.29) is 36.3 Å². The van der Waals surface area contributed by atoms with Gasteiger partial charge in [-0.2, -0.15) is 4.31 Å². The summed E-state index contributed by atoms with van der Waals surface area (Å²) in [4.78, 5) is 12.5. The molecule has 0 radical (unpaired) electrons. The van der Waals surface area contributed by atoms with E-state index < -0.39 is 33.8 Å². The van der Waals surface area contributed by atoms with Crippen molar-refractivity contribution in [3.05, 3.63) is 35.8 Å². The van der Waals surface area contributed by atoms with Crippen LogP contribution in [0.2, 0.25) is 0 Å². The summed E-state index contributed by atoms with van der Waals surface area (Å²) in [5.41, 5.74) is 0.884. The van der Waals surface area contributed by atoms with E-state index in [9.17, 15) is 22.3 Å². The Morgan fingerprint density at radius 3 is 2.58 bits per heavy atom. The maximum Gasteiger partial charge on any atom is 0.223 e. The highest BCUT2D eigenvalue weighted by molar-refractivity contribution is 7.88. The summed E-state index contributed by atoms with van der Waals surface area (Å²) >= 11 is 0. The van der Waals surface area contributed by atoms with Gasteiger partial charge in [-0.3, -0.25) is 0 Å². The van der Waals surface area contributed by atoms with Crippen molar-refractivity contribution in [2.45, 2.75) is 45.4 Å². The summed E-state index contributed by atoms with van der Waals surface area (Å²) in [5.74, 6) is -0.729. The molecule has 2 aromatic heterocycles. The van der Waals surface area contributed by atoms with Gasteiger partial charge in [-0.15, -0.1) is 0 Å². The van der Waals surface area contributed by atoms with Crippen LogP contribution in [0.5, 0.6) is 0 Å². The van der Waals surface area contributed by atoms with Crippen LogP contribution in [0.4, 0.5) is 14.7 Å². The van der Waals surface area contributed by atoms with Gasteiger partial charge in [0.05, 0.1) is 35.6 Å². The maximum atomic E-state index is 14.9. The zero-order valence-corrected chi connectivity index (χ0v) is 19.6. The summed E-state index contributed by atoms with van der Waals surface area (Å²) in [5, 5.41) is 13.3. The first-order chi connectivity index (χ1) is 15.5. The van der Waals surface area contributed by atoms with Crippen LogP contribution in [-0.2, 0) is 10.0 Å². The highest BCUT2D eigenvalue weighted by Gasteiger charge is 2.32. The molecule has 1 saturated heterocycles. The number of nitrogens with zero attached hydrogens (tertiary/aromatic N) is 5. The number of aryl methyl sites for hydroxylation is 1. The Morgan fingerprint density at radius 1 is 1.21 bits per heavy atom. The van der Waals surface area contributed by atoms with Crippen LogP contribution in [0.15, 0.2) is 18.3 Å². The lowest BCUT2D eigenvalue weighted by atomic mass is 10.0. The summed E-state index contributed by atoms with van der Waals surface area (Å²) in [6.07, 6.45) is 1.32. The molecule has 2 N–H and O–H groups in total. The van der Waals surface area contributed by atoms with Crippen molar-refractivity contribution in [1.29, 1.82) is 0 Å². The Labute approximate surface area is 190 Å². The van der Waals surface area contributed by atoms with Gasteiger partial charge in [-0.1, -0.05) is 0 Å². The standard InChI is InChI=1S/C21H26F2N6O3S/c1-11(2)29-12(3)25-17-8-14(22)13(7-18(17)29)20-15(23)9-24-21(27-20)26-16-5-6-28(10-19(16)30)33(4,31)32/h7-9,11,16,19,30H,5-6,10H2,1-4H3,(H,24,26,27)/t16-,19-/m0/s1. The third kappa shape index (κ3) is 4.55. The number of piperidine rings is 1. The zero-order valence-electron chi connectivity index (χ0n) is 18.7. The highest BCUT2D eigenvalue weighted by Crippen LogP contribution is 2.31. The number of nitrogens with one attached hydrogen (secondary N) is 1. The first-order valence-corrected chi connectivity index (χ1v) is 12.4. The summed E-state index contributed by atoms with van der Waals surface area (Å²) < 4.78 is 56.2. The minimum absolute atomic E-state index is 0.0105. The molecule has 0 unspecified atom stereocenters. The number of halogens is 2. The molecule has 1 aromatic carbocycles. The van der Waals surface area contributed by atoms with Gasteiger partial charge < -0.3 is 15.0 Å². The number of hydrogen-bond donors (Lipinski definition) is 2. The van der Waals surface area contributed by atoms with Crippen molar-refractivity contribution in [3.63, 3.8) is 0 Å². The second kappa shape index (κ2) is 8.58. The monoisotopic (exact) mass is 480 g/mol. The quantitative estimate of drug-likeness (QED) is 0.577. The summed E-state index contributed by atoms with van der Waals surface area (Å²) in [7, 11) is -3.42. The zero-order chi connectivity index (χ0) is 24.1. The predicted molar refractivity (Wildman–Crippen MR) is 120 cm³/mol. The molecule has 2 atom stereocenters. The Hall–Kier alpha value is -2.70. The van der Waals surface area contributed by atoms with Crippen LogP contribution in [0, 0.1) is 18.6 Å². The number of aliphatic hydroxyl groups excluding tert-OH is 1. The lowest BCUT2D eigenvalue weighted by Crippen LogP contribution is -2.51. The summed E-state index contributed by atoms with van der Waals surface area (Å²) in [6, 6.07) is 2.31. The number of imidazole rings is 1. The average molecular weight is 481 g/mol. The molecule has 1 aliphatic rings. The van der Waals surface area contributed by atoms with Gasteiger partial charge >= 0.3 is 0 Å². The van der Waals surface area contributed by atoms with Crippen molar-refractivity contribution >= 4 is 27.0 Å². The lowest BCUT2D eigenvalue weighted by molar-refractivity contribution is 0.0950. The minimum atomic E-state index is -3.42. The molecule has 12 heteroatoms. The molecule has 0 spiro atoms. The topological polar surface area (TPSA) is 113 Å². The third-order valence-corrected chi connectivity index (χ3v) is 7.07. The molecule has 0 aliphatic carbocycles. The van der Waals surface area contributed by atoms with Gasteiger partial charge in [-0.05, 0) is 33.3 Å². The van der Waals surface area contributed by atoms with E-state index in [0.29, 0.717) is 17.5 Å². The van der Waals surface area contributed by atoms with Crippen molar-refractivity contribution in [2.75, 3.05) is 24.7 Å². The van der Waals surface area contributed by atoms with E-state index in [1.54, 1.807) is 0 Å². The van der Waals surface area contributed by atoms with Crippen LogP contribution in [-0.4, -0.2) is 68.8 Å². The van der Waals surface area contributed by atoms with E-state index in [2.05, 4.69) is 20.3 Å². The van der Waals surface area contributed by atoms with E-state index in [0.717, 1.165) is 18.3 Å². The van der Waals surface area contributed by atoms with Gasteiger partial charge in [0, 0.05) is 30.8 Å². The van der Waals surface area contributed by atoms with Crippen molar-refractivity contribution in [3.8, 4) is 11.3 Å². The number of sulfonamides is 1. The summed E-state index contributed by atoms with van der Waals surface area (Å²) in [6.45, 7) is 5.92. The fraction of sp³-hybridized carbons (Fsp3) is 0.476. The molecule has 33 heavy (non-hydrogen) atoms. The van der Waals surface area contributed by atoms with Gasteiger partial charge in [0.1, 0.15) is 17.3 Å². The van der Waals surface area contributed by atoms with E-state index >= 15 is 0 Å². The number of β-amino-alcohol motifs (C(OH)–C–C–N with tert-alkyl or cyclic N) is 1. The third-order valence-electron chi connectivity index (χ3n) is 5.80. The van der Waals surface area contributed by atoms with Crippen LogP contribution < -0.4 is 5.32 Å². The largest absolute Gasteiger partial charge is 0.390 e. The molecular formula is C21H26F2N6O3S. The SMILES string of the molecule is Cc1nc2cc(F)c(-c3nc(N[C@H]4CCN(S(C)(=O)=O)C[C@@H]4O)ncc3F)cc2n1C(C)C. The Balaban J connectivity index is 1.66. The van der Waals surface area contributed by atoms with Crippen molar-refractivity contribution in [2.24, 2.45) is 0 Å². The van der Waals surface area contributed by atoms with Crippen LogP contribution in [0.3, 0.4) is 0 Å². The normalized spacial score (nSPS) is 20.0. The molecule has 1 fully saturated rings. The second-order valence-electron chi connectivity index (χ2n) is 8.56. The molecule has 4 rings (SSSR count). The van der Waals surface area contributed by atoms with Gasteiger partial charge in [0.25, 0.3) is 0 Å². The molecule has 9 nitrogen and oxygen atoms in total. The first kappa shape index (κ1) is 23.5. The number of fused-ring (bicyclic) bond motifs is 1. The van der Waals surface area contributed by atoms with Crippen LogP contribution in [0.1, 0.15) is 32.1 Å². The fourth-order valence-corrected chi connectivity index (χ4v) is 5.09. The number of aliphatic hydroxyl groups is 1. The lowest BCUT2D eigenvalue weighted by Gasteiger charge is -2.34. The number of rotatable bonds is 5. The Morgan fingerprint density at radius 2 is 1.94 bits per heavy atom. The molecule has 178 valence electrons. The minimum Gasteiger partial charge on any atom is -0.390 e. The molecule has 0 bridgehead atoms. The highest BCUT2D eigenvalue weighted by atomic mass is 32.2. The smallest absolute Gasteiger partial charge is 0.223 e. The molecule has 3 aromatic rings. The van der Waals surface area contributed by atoms with Gasteiger partial charge in [0.2, 0.25) is 16.0 Å². The van der Waals surface area contributed by atoms with Crippen molar-refractivity contribution in [1.82, 2.24) is 23.8 Å². The average Bonchev–Trinajstić information content (AvgIpc) is 3.04. The number of benzene rings is 1. The maximum absolute atomic E-state index is 14.9. The van der Waals surface area contributed by atoms with Gasteiger partial charge in [-0.25, -0.2) is 32.2 Å². The fourth-order valence-electron chi connectivity index (χ4n) is 4.23. The van der Waals surface area contributed by atoms with E-state index in [1.807, 2.05) is 25.3 Å². The predicted octanol–water partition coefficient (Wildman–Crippen LogP) is 2.47. The van der Waals surface area contributed by atoms with Gasteiger partial charge in [0.15, 0.2) is 5.82 Å². The van der Waals surface area contributed by atoms with E-state index in [4.69, 9.17) is 0 Å². The van der Waals surface area contributed by atoms with Crippen LogP contribution in [0.25, 0.3) is 22.3 Å². The number of aromatic nitrogens is 4. The van der Waals surface area contributed by atoms with E-state index in [1.165, 1.54) is 16.4 Å². The Kier molecular flexibility index (Phi) is 6.10. The van der Waals surface area contributed by atoms with Crippen LogP contribution >= 0.6 is 0 Å². The molecule has 0 amide bonds. The first-order valence-electron chi connectivity index (χ1n) is 10.6. The molecular weight excluding hydrogens is 454 g/mol. The number of anilines is 1. The van der Waals surface area contributed by atoms with Crippen molar-refractivity contribution < 1.29 is 22.3 Å². The molecule has 3 heterocycles. The Bertz CT molecular complexity index is 1310. The number of hydrogen-bond acceptors (Lipinski definition) is 7. The molecule has 1 aliphatic heterocycles. The second-order valence-corrected chi connectivity index (χ2v) is 10.5. The molecule has 0 saturated carbocycles.